The number of anilines is 1. The van der Waals surface area contributed by atoms with E-state index in [1.54, 1.807) is 23.4 Å². The van der Waals surface area contributed by atoms with E-state index in [2.05, 4.69) is 15.0 Å². The Hall–Kier alpha value is -2.71. The molecule has 0 saturated carbocycles. The number of rotatable bonds is 3. The molecule has 138 valence electrons. The molecule has 0 spiro atoms. The Bertz CT molecular complexity index is 1030. The van der Waals surface area contributed by atoms with E-state index in [-0.39, 0.29) is 24.1 Å². The monoisotopic (exact) mass is 389 g/mol. The van der Waals surface area contributed by atoms with Crippen molar-refractivity contribution in [3.8, 4) is 0 Å². The van der Waals surface area contributed by atoms with Crippen LogP contribution in [0.3, 0.4) is 0 Å². The summed E-state index contributed by atoms with van der Waals surface area (Å²) >= 11 is 6.21. The zero-order valence-corrected chi connectivity index (χ0v) is 14.8. The topological polar surface area (TPSA) is 62.2 Å². The molecular weight excluding hydrogens is 376 g/mol. The molecule has 1 fully saturated rings. The Labute approximate surface area is 158 Å². The number of piperazine rings is 1. The molecule has 1 aliphatic heterocycles. The van der Waals surface area contributed by atoms with Gasteiger partial charge in [0.15, 0.2) is 11.0 Å². The molecule has 1 saturated heterocycles. The van der Waals surface area contributed by atoms with Gasteiger partial charge in [0.1, 0.15) is 17.2 Å². The SMILES string of the molecule is O=C1CN(Cc2ccc(F)cc2F)CCN1c1nc2ccncc2nc1Cl. The first-order valence-electron chi connectivity index (χ1n) is 8.25. The zero-order chi connectivity index (χ0) is 19.0. The first-order chi connectivity index (χ1) is 13.0. The maximum atomic E-state index is 13.8. The number of nitrogens with zero attached hydrogens (tertiary/aromatic N) is 5. The molecule has 6 nitrogen and oxygen atoms in total. The summed E-state index contributed by atoms with van der Waals surface area (Å²) in [4.78, 5) is 28.5. The number of fused-ring (bicyclic) bond motifs is 1. The molecule has 0 radical (unpaired) electrons. The van der Waals surface area contributed by atoms with Gasteiger partial charge in [-0.15, -0.1) is 0 Å². The van der Waals surface area contributed by atoms with Gasteiger partial charge in [-0.3, -0.25) is 19.6 Å². The van der Waals surface area contributed by atoms with Crippen molar-refractivity contribution in [3.05, 3.63) is 59.0 Å². The number of hydrogen-bond acceptors (Lipinski definition) is 5. The average Bonchev–Trinajstić information content (AvgIpc) is 2.64. The lowest BCUT2D eigenvalue weighted by atomic mass is 10.1. The number of aromatic nitrogens is 3. The second kappa shape index (κ2) is 7.13. The van der Waals surface area contributed by atoms with E-state index in [1.165, 1.54) is 17.0 Å². The summed E-state index contributed by atoms with van der Waals surface area (Å²) in [5, 5.41) is 0.127. The molecule has 1 aliphatic rings. The molecule has 0 N–H and O–H groups in total. The number of pyridine rings is 1. The first kappa shape index (κ1) is 17.7. The van der Waals surface area contributed by atoms with Gasteiger partial charge in [0.25, 0.3) is 0 Å². The van der Waals surface area contributed by atoms with Crippen LogP contribution in [0.25, 0.3) is 11.0 Å². The Balaban J connectivity index is 1.52. The van der Waals surface area contributed by atoms with Gasteiger partial charge >= 0.3 is 0 Å². The van der Waals surface area contributed by atoms with E-state index in [0.29, 0.717) is 35.5 Å². The highest BCUT2D eigenvalue weighted by Crippen LogP contribution is 2.26. The molecule has 1 amide bonds. The fourth-order valence-corrected chi connectivity index (χ4v) is 3.25. The van der Waals surface area contributed by atoms with Gasteiger partial charge in [0.05, 0.1) is 18.3 Å². The maximum absolute atomic E-state index is 13.8. The van der Waals surface area contributed by atoms with Crippen LogP contribution in [0.4, 0.5) is 14.6 Å². The third-order valence-corrected chi connectivity index (χ3v) is 4.63. The smallest absolute Gasteiger partial charge is 0.242 e. The minimum Gasteiger partial charge on any atom is -0.292 e. The van der Waals surface area contributed by atoms with Crippen LogP contribution < -0.4 is 4.90 Å². The summed E-state index contributed by atoms with van der Waals surface area (Å²) in [6, 6.07) is 5.13. The summed E-state index contributed by atoms with van der Waals surface area (Å²) in [5.41, 5.74) is 1.48. The van der Waals surface area contributed by atoms with Gasteiger partial charge in [-0.05, 0) is 12.1 Å². The van der Waals surface area contributed by atoms with Gasteiger partial charge in [-0.1, -0.05) is 17.7 Å². The van der Waals surface area contributed by atoms with Crippen LogP contribution in [-0.2, 0) is 11.3 Å². The predicted molar refractivity (Wildman–Crippen MR) is 96.3 cm³/mol. The largest absolute Gasteiger partial charge is 0.292 e. The molecule has 4 rings (SSSR count). The van der Waals surface area contributed by atoms with Crippen LogP contribution in [0.5, 0.6) is 0 Å². The van der Waals surface area contributed by atoms with Crippen molar-refractivity contribution < 1.29 is 13.6 Å². The third-order valence-electron chi connectivity index (χ3n) is 4.37. The number of hydrogen-bond donors (Lipinski definition) is 0. The average molecular weight is 390 g/mol. The fraction of sp³-hybridized carbons (Fsp3) is 0.222. The van der Waals surface area contributed by atoms with E-state index in [1.807, 2.05) is 0 Å². The normalized spacial score (nSPS) is 15.5. The van der Waals surface area contributed by atoms with Crippen LogP contribution in [0.15, 0.2) is 36.7 Å². The third kappa shape index (κ3) is 3.58. The van der Waals surface area contributed by atoms with Crippen molar-refractivity contribution in [2.45, 2.75) is 6.54 Å². The van der Waals surface area contributed by atoms with Crippen molar-refractivity contribution in [2.75, 3.05) is 24.5 Å². The lowest BCUT2D eigenvalue weighted by Gasteiger charge is -2.33. The van der Waals surface area contributed by atoms with Gasteiger partial charge in [0.2, 0.25) is 5.91 Å². The number of halogens is 3. The lowest BCUT2D eigenvalue weighted by molar-refractivity contribution is -0.121. The molecular formula is C18H14ClF2N5O. The molecule has 27 heavy (non-hydrogen) atoms. The van der Waals surface area contributed by atoms with E-state index in [0.717, 1.165) is 6.07 Å². The van der Waals surface area contributed by atoms with Crippen LogP contribution in [0.2, 0.25) is 5.15 Å². The summed E-state index contributed by atoms with van der Waals surface area (Å²) in [7, 11) is 0. The second-order valence-corrected chi connectivity index (χ2v) is 6.55. The highest BCUT2D eigenvalue weighted by atomic mass is 35.5. The number of carbonyl (C=O) groups excluding carboxylic acids is 1. The number of carbonyl (C=O) groups is 1. The second-order valence-electron chi connectivity index (χ2n) is 6.19. The predicted octanol–water partition coefficient (Wildman–Crippen LogP) is 2.81. The van der Waals surface area contributed by atoms with E-state index in [9.17, 15) is 13.6 Å². The molecule has 3 aromatic rings. The van der Waals surface area contributed by atoms with Crippen molar-refractivity contribution in [3.63, 3.8) is 0 Å². The maximum Gasteiger partial charge on any atom is 0.242 e. The Morgan fingerprint density at radius 3 is 2.74 bits per heavy atom. The Kier molecular flexibility index (Phi) is 4.67. The number of amides is 1. The van der Waals surface area contributed by atoms with E-state index < -0.39 is 11.6 Å². The molecule has 0 aliphatic carbocycles. The zero-order valence-electron chi connectivity index (χ0n) is 14.1. The molecule has 9 heteroatoms. The summed E-state index contributed by atoms with van der Waals surface area (Å²) in [6.07, 6.45) is 3.14. The molecule has 0 atom stereocenters. The van der Waals surface area contributed by atoms with Crippen LogP contribution in [0.1, 0.15) is 5.56 Å². The minimum absolute atomic E-state index is 0.0726. The summed E-state index contributed by atoms with van der Waals surface area (Å²) < 4.78 is 26.9. The van der Waals surface area contributed by atoms with Gasteiger partial charge in [-0.25, -0.2) is 18.7 Å². The standard InChI is InChI=1S/C18H14ClF2N5O/c19-17-18(24-14-3-4-22-8-15(14)23-17)26-6-5-25(10-16(26)27)9-11-1-2-12(20)7-13(11)21/h1-4,7-8H,5-6,9-10H2. The Morgan fingerprint density at radius 2 is 1.96 bits per heavy atom. The van der Waals surface area contributed by atoms with Crippen LogP contribution in [0, 0.1) is 11.6 Å². The van der Waals surface area contributed by atoms with Crippen molar-refractivity contribution in [2.24, 2.45) is 0 Å². The summed E-state index contributed by atoms with van der Waals surface area (Å²) in [6.45, 7) is 1.12. The molecule has 2 aromatic heterocycles. The Morgan fingerprint density at radius 1 is 1.11 bits per heavy atom. The highest BCUT2D eigenvalue weighted by molar-refractivity contribution is 6.32. The quantitative estimate of drug-likeness (QED) is 0.689. The first-order valence-corrected chi connectivity index (χ1v) is 8.63. The summed E-state index contributed by atoms with van der Waals surface area (Å²) in [5.74, 6) is -1.17. The molecule has 0 bridgehead atoms. The van der Waals surface area contributed by atoms with E-state index in [4.69, 9.17) is 11.6 Å². The van der Waals surface area contributed by atoms with Crippen LogP contribution in [-0.4, -0.2) is 45.4 Å². The lowest BCUT2D eigenvalue weighted by Crippen LogP contribution is -2.50. The van der Waals surface area contributed by atoms with Crippen molar-refractivity contribution >= 4 is 34.4 Å². The van der Waals surface area contributed by atoms with Crippen molar-refractivity contribution in [1.29, 1.82) is 0 Å². The van der Waals surface area contributed by atoms with Crippen molar-refractivity contribution in [1.82, 2.24) is 19.9 Å². The molecule has 0 unspecified atom stereocenters. The molecule has 3 heterocycles. The van der Waals surface area contributed by atoms with Gasteiger partial charge in [0, 0.05) is 37.5 Å². The van der Waals surface area contributed by atoms with Crippen LogP contribution >= 0.6 is 11.6 Å². The van der Waals surface area contributed by atoms with Gasteiger partial charge in [-0.2, -0.15) is 0 Å². The van der Waals surface area contributed by atoms with E-state index >= 15 is 0 Å². The number of benzene rings is 1. The highest BCUT2D eigenvalue weighted by Gasteiger charge is 2.28. The molecule has 1 aromatic carbocycles. The van der Waals surface area contributed by atoms with Gasteiger partial charge < -0.3 is 0 Å². The fourth-order valence-electron chi connectivity index (χ4n) is 3.02. The minimum atomic E-state index is -0.628.